The Morgan fingerprint density at radius 2 is 1.67 bits per heavy atom. The number of anilines is 1. The fraction of sp³-hybridized carbons (Fsp3) is 0.581. The Morgan fingerprint density at radius 1 is 0.898 bits per heavy atom. The standard InChI is InChI=1S/C43H54N2O2S2/c1-26(2)30-14-20-43(45-38-44-33(25-49-38)29-17-23-48-24-29)22-21-41(6)32(36(30)43)12-13-35-40(5)18-15-31(27-8-10-28(11-9-27)37(46)47)39(3,4)34(40)16-19-42(35,41)7/h8-11,15,17,23-25,30,32,34-36H,1,12-14,16,18-22H2,2-7H3,(H,44,45)(H,46,47)/t30-,32+,34-,35+,36+,40-,41+,42+,43-/m0/s1. The van der Waals surface area contributed by atoms with Crippen LogP contribution in [0.2, 0.25) is 0 Å². The number of nitrogens with one attached hydrogen (secondary N) is 1. The first-order valence-corrected chi connectivity index (χ1v) is 20.5. The number of nitrogens with zero attached hydrogens (tertiary/aromatic N) is 1. The Labute approximate surface area is 301 Å². The molecule has 2 aromatic heterocycles. The van der Waals surface area contributed by atoms with Crippen molar-refractivity contribution >= 4 is 39.3 Å². The van der Waals surface area contributed by atoms with Gasteiger partial charge in [-0.1, -0.05) is 65.0 Å². The van der Waals surface area contributed by atoms with E-state index in [1.54, 1.807) is 34.8 Å². The second-order valence-electron chi connectivity index (χ2n) is 17.9. The molecular weight excluding hydrogens is 641 g/mol. The summed E-state index contributed by atoms with van der Waals surface area (Å²) in [5.41, 5.74) is 7.57. The Morgan fingerprint density at radius 3 is 2.37 bits per heavy atom. The lowest BCUT2D eigenvalue weighted by molar-refractivity contribution is -0.216. The fourth-order valence-corrected chi connectivity index (χ4v) is 14.8. The minimum atomic E-state index is -0.860. The minimum absolute atomic E-state index is 0.0224. The van der Waals surface area contributed by atoms with Gasteiger partial charge in [0.15, 0.2) is 5.13 Å². The van der Waals surface area contributed by atoms with E-state index in [4.69, 9.17) is 4.98 Å². The largest absolute Gasteiger partial charge is 0.478 e. The van der Waals surface area contributed by atoms with Crippen LogP contribution in [0.4, 0.5) is 5.13 Å². The lowest BCUT2D eigenvalue weighted by atomic mass is 9.33. The molecule has 4 fully saturated rings. The highest BCUT2D eigenvalue weighted by Gasteiger charge is 2.70. The molecule has 6 heteroatoms. The fourth-order valence-electron chi connectivity index (χ4n) is 13.3. The summed E-state index contributed by atoms with van der Waals surface area (Å²) in [5, 5.41) is 21.3. The molecule has 0 unspecified atom stereocenters. The average Bonchev–Trinajstić information content (AvgIpc) is 3.82. The summed E-state index contributed by atoms with van der Waals surface area (Å²) in [4.78, 5) is 16.7. The van der Waals surface area contributed by atoms with E-state index in [0.717, 1.165) is 17.2 Å². The number of carboxylic acid groups (broad SMARTS) is 1. The molecule has 9 atom stereocenters. The van der Waals surface area contributed by atoms with Gasteiger partial charge in [-0.05, 0) is 151 Å². The summed E-state index contributed by atoms with van der Waals surface area (Å²) in [5.74, 6) is 2.24. The third kappa shape index (κ3) is 4.78. The number of fused-ring (bicyclic) bond motifs is 7. The van der Waals surface area contributed by atoms with Crippen molar-refractivity contribution < 1.29 is 9.90 Å². The molecule has 260 valence electrons. The SMILES string of the molecule is C=C(C)[C@@H]1CC[C@]2(Nc3nc(-c4ccsc4)cs3)CC[C@]3(C)[C@H](CC[C@@H]4[C@@]5(C)CC=C(c6ccc(C(=O)O)cc6)C(C)(C)[C@@H]5CC[C@]43C)[C@@H]12. The summed E-state index contributed by atoms with van der Waals surface area (Å²) < 4.78 is 0. The predicted octanol–water partition coefficient (Wildman–Crippen LogP) is 12.1. The van der Waals surface area contributed by atoms with Gasteiger partial charge in [0.1, 0.15) is 0 Å². The first-order valence-electron chi connectivity index (χ1n) is 18.7. The third-order valence-electron chi connectivity index (χ3n) is 15.8. The molecule has 5 aliphatic carbocycles. The van der Waals surface area contributed by atoms with Crippen molar-refractivity contribution in [1.82, 2.24) is 4.98 Å². The second kappa shape index (κ2) is 11.4. The monoisotopic (exact) mass is 694 g/mol. The van der Waals surface area contributed by atoms with Crippen LogP contribution >= 0.6 is 22.7 Å². The van der Waals surface area contributed by atoms with E-state index in [1.807, 2.05) is 12.1 Å². The van der Waals surface area contributed by atoms with Crippen molar-refractivity contribution in [3.05, 3.63) is 75.8 Å². The number of thiazole rings is 1. The molecule has 4 nitrogen and oxygen atoms in total. The van der Waals surface area contributed by atoms with Crippen LogP contribution in [-0.4, -0.2) is 21.6 Å². The van der Waals surface area contributed by atoms with Gasteiger partial charge in [0.2, 0.25) is 0 Å². The summed E-state index contributed by atoms with van der Waals surface area (Å²) in [6, 6.07) is 9.81. The van der Waals surface area contributed by atoms with E-state index in [2.05, 4.69) is 81.7 Å². The number of hydrogen-bond acceptors (Lipinski definition) is 5. The summed E-state index contributed by atoms with van der Waals surface area (Å²) in [7, 11) is 0. The molecule has 5 aliphatic rings. The summed E-state index contributed by atoms with van der Waals surface area (Å²) >= 11 is 3.52. The molecule has 1 aromatic carbocycles. The zero-order chi connectivity index (χ0) is 34.6. The maximum absolute atomic E-state index is 11.6. The lowest BCUT2D eigenvalue weighted by Crippen LogP contribution is -2.67. The number of aromatic nitrogens is 1. The molecule has 0 aliphatic heterocycles. The number of aromatic carboxylic acids is 1. The minimum Gasteiger partial charge on any atom is -0.478 e. The van der Waals surface area contributed by atoms with Gasteiger partial charge < -0.3 is 10.4 Å². The Kier molecular flexibility index (Phi) is 7.78. The third-order valence-corrected chi connectivity index (χ3v) is 17.2. The molecule has 49 heavy (non-hydrogen) atoms. The van der Waals surface area contributed by atoms with Gasteiger partial charge in [-0.3, -0.25) is 0 Å². The maximum Gasteiger partial charge on any atom is 0.335 e. The van der Waals surface area contributed by atoms with Crippen molar-refractivity contribution in [3.63, 3.8) is 0 Å². The van der Waals surface area contributed by atoms with E-state index in [0.29, 0.717) is 35.2 Å². The van der Waals surface area contributed by atoms with Crippen LogP contribution in [0.1, 0.15) is 115 Å². The van der Waals surface area contributed by atoms with Crippen molar-refractivity contribution in [3.8, 4) is 11.3 Å². The first kappa shape index (κ1) is 33.4. The van der Waals surface area contributed by atoms with Crippen LogP contribution in [0, 0.1) is 51.2 Å². The van der Waals surface area contributed by atoms with Gasteiger partial charge in [0.05, 0.1) is 11.3 Å². The number of carboxylic acids is 1. The van der Waals surface area contributed by atoms with Crippen molar-refractivity contribution in [1.29, 1.82) is 0 Å². The predicted molar refractivity (Wildman–Crippen MR) is 205 cm³/mol. The van der Waals surface area contributed by atoms with Gasteiger partial charge in [0.25, 0.3) is 0 Å². The Bertz CT molecular complexity index is 1800. The number of benzene rings is 1. The van der Waals surface area contributed by atoms with E-state index in [-0.39, 0.29) is 27.2 Å². The molecule has 4 saturated carbocycles. The smallest absolute Gasteiger partial charge is 0.335 e. The zero-order valence-electron chi connectivity index (χ0n) is 30.3. The molecule has 0 saturated heterocycles. The Hall–Kier alpha value is -2.70. The number of carbonyl (C=O) groups is 1. The highest BCUT2D eigenvalue weighted by atomic mass is 32.1. The maximum atomic E-state index is 11.6. The zero-order valence-corrected chi connectivity index (χ0v) is 31.9. The number of hydrogen-bond donors (Lipinski definition) is 2. The van der Waals surface area contributed by atoms with Crippen molar-refractivity contribution in [2.75, 3.05) is 5.32 Å². The van der Waals surface area contributed by atoms with Gasteiger partial charge >= 0.3 is 5.97 Å². The first-order chi connectivity index (χ1) is 23.2. The van der Waals surface area contributed by atoms with Crippen LogP contribution in [0.25, 0.3) is 16.8 Å². The molecule has 8 rings (SSSR count). The van der Waals surface area contributed by atoms with Gasteiger partial charge in [-0.2, -0.15) is 11.3 Å². The molecule has 2 N–H and O–H groups in total. The van der Waals surface area contributed by atoms with Crippen LogP contribution in [-0.2, 0) is 0 Å². The van der Waals surface area contributed by atoms with Gasteiger partial charge in [-0.25, -0.2) is 9.78 Å². The molecule has 0 bridgehead atoms. The number of allylic oxidation sites excluding steroid dienone is 3. The molecule has 0 spiro atoms. The lowest BCUT2D eigenvalue weighted by Gasteiger charge is -2.72. The number of rotatable bonds is 6. The van der Waals surface area contributed by atoms with E-state index in [1.165, 1.54) is 73.6 Å². The normalized spacial score (nSPS) is 39.1. The summed E-state index contributed by atoms with van der Waals surface area (Å²) in [6.07, 6.45) is 13.8. The number of thiophene rings is 1. The van der Waals surface area contributed by atoms with Crippen LogP contribution < -0.4 is 5.32 Å². The van der Waals surface area contributed by atoms with Gasteiger partial charge in [-0.15, -0.1) is 11.3 Å². The molecule has 3 aromatic rings. The van der Waals surface area contributed by atoms with Crippen molar-refractivity contribution in [2.24, 2.45) is 51.2 Å². The van der Waals surface area contributed by atoms with Crippen molar-refractivity contribution in [2.45, 2.75) is 105 Å². The van der Waals surface area contributed by atoms with Crippen LogP contribution in [0.5, 0.6) is 0 Å². The molecular formula is C43H54N2O2S2. The van der Waals surface area contributed by atoms with E-state index >= 15 is 0 Å². The van der Waals surface area contributed by atoms with Crippen LogP contribution in [0.15, 0.2) is 64.7 Å². The van der Waals surface area contributed by atoms with E-state index < -0.39 is 5.97 Å². The van der Waals surface area contributed by atoms with Gasteiger partial charge in [0, 0.05) is 21.9 Å². The second-order valence-corrected chi connectivity index (χ2v) is 19.6. The highest BCUT2D eigenvalue weighted by Crippen LogP contribution is 2.77. The molecule has 0 amide bonds. The quantitative estimate of drug-likeness (QED) is 0.252. The summed E-state index contributed by atoms with van der Waals surface area (Å²) in [6.45, 7) is 20.0. The highest BCUT2D eigenvalue weighted by molar-refractivity contribution is 7.14. The Balaban J connectivity index is 1.11. The average molecular weight is 695 g/mol. The molecule has 2 heterocycles. The van der Waals surface area contributed by atoms with Crippen LogP contribution in [0.3, 0.4) is 0 Å². The molecule has 0 radical (unpaired) electrons. The van der Waals surface area contributed by atoms with E-state index in [9.17, 15) is 9.90 Å². The topological polar surface area (TPSA) is 62.2 Å².